The number of fused-ring (bicyclic) bond motifs is 7. The minimum absolute atomic E-state index is 0.0214. The molecule has 0 spiro atoms. The lowest BCUT2D eigenvalue weighted by atomic mass is 9.34. The number of Topliss-reactive ketones (excluding diaryl/α,β-unsaturated/α-hetero) is 1. The molecule has 0 saturated heterocycles. The number of ether oxygens (including phenoxy) is 1. The Morgan fingerprint density at radius 2 is 1.73 bits per heavy atom. The van der Waals surface area contributed by atoms with Crippen LogP contribution in [0.1, 0.15) is 97.5 Å². The molecule has 0 bridgehead atoms. The lowest BCUT2D eigenvalue weighted by molar-refractivity contribution is -0.191. The van der Waals surface area contributed by atoms with Gasteiger partial charge < -0.3 is 4.74 Å². The summed E-state index contributed by atoms with van der Waals surface area (Å²) in [5.41, 5.74) is -2.16. The van der Waals surface area contributed by atoms with Crippen molar-refractivity contribution in [3.63, 3.8) is 0 Å². The molecule has 0 unspecified atom stereocenters. The van der Waals surface area contributed by atoms with Gasteiger partial charge in [0.05, 0.1) is 22.1 Å². The Balaban J connectivity index is 1.68. The van der Waals surface area contributed by atoms with Crippen LogP contribution in [0.5, 0.6) is 0 Å². The number of ketones is 2. The Hall–Kier alpha value is -2.22. The third-order valence-corrected chi connectivity index (χ3v) is 12.4. The summed E-state index contributed by atoms with van der Waals surface area (Å²) in [4.78, 5) is 41.3. The molecule has 3 fully saturated rings. The number of hydrogen-bond donors (Lipinski definition) is 0. The van der Waals surface area contributed by atoms with Crippen molar-refractivity contribution in [1.29, 1.82) is 5.26 Å². The van der Waals surface area contributed by atoms with Crippen LogP contribution in [0.3, 0.4) is 0 Å². The van der Waals surface area contributed by atoms with Gasteiger partial charge in [0.25, 0.3) is 0 Å². The van der Waals surface area contributed by atoms with Crippen molar-refractivity contribution >= 4 is 17.5 Å². The highest BCUT2D eigenvalue weighted by Crippen LogP contribution is 2.74. The molecule has 3 saturated carbocycles. The Morgan fingerprint density at radius 1 is 1.05 bits per heavy atom. The lowest BCUT2D eigenvalue weighted by Gasteiger charge is -2.68. The zero-order chi connectivity index (χ0) is 29.9. The van der Waals surface area contributed by atoms with Gasteiger partial charge in [-0.05, 0) is 79.1 Å². The van der Waals surface area contributed by atoms with Crippen molar-refractivity contribution < 1.29 is 23.2 Å². The second kappa shape index (κ2) is 7.67. The van der Waals surface area contributed by atoms with Gasteiger partial charge in [-0.15, -0.1) is 0 Å². The number of nitrogens with zero attached hydrogens (tertiary/aromatic N) is 1. The summed E-state index contributed by atoms with van der Waals surface area (Å²) in [6.45, 7) is 14.7. The molecular formula is C32H43NO4. The molecule has 5 aliphatic carbocycles. The summed E-state index contributed by atoms with van der Waals surface area (Å²) >= 11 is 0. The van der Waals surface area contributed by atoms with E-state index in [2.05, 4.69) is 40.7 Å². The fraction of sp³-hybridized carbons (Fsp3) is 0.750. The predicted molar refractivity (Wildman–Crippen MR) is 141 cm³/mol. The molecule has 0 N–H and O–H groups in total. The summed E-state index contributed by atoms with van der Waals surface area (Å²) < 4.78 is 28.0. The smallest absolute Gasteiger partial charge is 0.312 e. The number of carbonyl (C=O) groups excluding carboxylic acids is 3. The molecule has 200 valence electrons. The minimum atomic E-state index is -2.83. The maximum atomic E-state index is 14.4. The van der Waals surface area contributed by atoms with E-state index in [1.165, 1.54) is 0 Å². The molecular weight excluding hydrogens is 462 g/mol. The van der Waals surface area contributed by atoms with E-state index < -0.39 is 46.0 Å². The predicted octanol–water partition coefficient (Wildman–Crippen LogP) is 6.38. The molecule has 37 heavy (non-hydrogen) atoms. The molecule has 5 rings (SSSR count). The first-order valence-corrected chi connectivity index (χ1v) is 13.9. The third kappa shape index (κ3) is 3.11. The van der Waals surface area contributed by atoms with E-state index in [9.17, 15) is 19.6 Å². The number of esters is 1. The standard InChI is InChI=1S/C32H43NO4/c1-27(2)11-13-32(26(36)37-8)14-12-31(7)24(20(32)17-27)21(34)15-23-29(5)16-19(18-33)25(35)28(3,4)22(29)9-10-30(23,31)6/h15-16,20,22,24H,9-14,17H2,1-8H3/t20-,22-,24-,29-,30+,31+,32-/m0/s1/i8D3. The van der Waals surface area contributed by atoms with Crippen LogP contribution in [0.15, 0.2) is 23.3 Å². The third-order valence-electron chi connectivity index (χ3n) is 12.4. The average Bonchev–Trinajstić information content (AvgIpc) is 2.81. The van der Waals surface area contributed by atoms with Crippen molar-refractivity contribution in [2.75, 3.05) is 7.04 Å². The molecule has 0 aromatic heterocycles. The summed E-state index contributed by atoms with van der Waals surface area (Å²) in [7, 11) is -2.83. The van der Waals surface area contributed by atoms with Crippen LogP contribution in [-0.4, -0.2) is 24.6 Å². The van der Waals surface area contributed by atoms with Gasteiger partial charge in [-0.3, -0.25) is 14.4 Å². The van der Waals surface area contributed by atoms with Gasteiger partial charge in [-0.1, -0.05) is 60.1 Å². The first-order valence-electron chi connectivity index (χ1n) is 15.4. The van der Waals surface area contributed by atoms with Crippen molar-refractivity contribution in [3.05, 3.63) is 23.3 Å². The molecule has 7 atom stereocenters. The number of nitriles is 1. The Labute approximate surface area is 226 Å². The second-order valence-corrected chi connectivity index (χ2v) is 14.8. The summed E-state index contributed by atoms with van der Waals surface area (Å²) in [5, 5.41) is 9.88. The molecule has 0 aromatic carbocycles. The van der Waals surface area contributed by atoms with Crippen LogP contribution >= 0.6 is 0 Å². The molecule has 0 heterocycles. The molecule has 0 amide bonds. The van der Waals surface area contributed by atoms with Crippen LogP contribution in [0.25, 0.3) is 0 Å². The van der Waals surface area contributed by atoms with Crippen molar-refractivity contribution in [2.45, 2.75) is 93.4 Å². The zero-order valence-corrected chi connectivity index (χ0v) is 23.4. The van der Waals surface area contributed by atoms with E-state index >= 15 is 0 Å². The van der Waals surface area contributed by atoms with Gasteiger partial charge in [-0.25, -0.2) is 0 Å². The van der Waals surface area contributed by atoms with E-state index in [1.807, 2.05) is 19.9 Å². The maximum Gasteiger partial charge on any atom is 0.312 e. The van der Waals surface area contributed by atoms with E-state index in [0.717, 1.165) is 24.8 Å². The highest BCUT2D eigenvalue weighted by Gasteiger charge is 2.71. The van der Waals surface area contributed by atoms with Crippen molar-refractivity contribution in [1.82, 2.24) is 0 Å². The van der Waals surface area contributed by atoms with Crippen LogP contribution in [-0.2, 0) is 19.1 Å². The van der Waals surface area contributed by atoms with Gasteiger partial charge >= 0.3 is 5.97 Å². The van der Waals surface area contributed by atoms with Crippen LogP contribution in [0.4, 0.5) is 0 Å². The normalized spacial score (nSPS) is 47.2. The number of carbonyl (C=O) groups is 3. The van der Waals surface area contributed by atoms with E-state index in [-0.39, 0.29) is 34.4 Å². The number of hydrogen-bond acceptors (Lipinski definition) is 5. The molecule has 0 radical (unpaired) electrons. The SMILES string of the molecule is [2H]C([2H])([2H])OC(=O)[C@]12CCC(C)(C)C[C@H]1[C@H]1C(=O)C=C3[C@@]4(C)C=C(C#N)C(=O)C(C)(C)[C@@H]4CC[C@@]3(C)[C@]1(C)CC2. The molecule has 5 heteroatoms. The van der Waals surface area contributed by atoms with Gasteiger partial charge in [0.1, 0.15) is 6.07 Å². The fourth-order valence-corrected chi connectivity index (χ4v) is 10.1. The maximum absolute atomic E-state index is 14.4. The second-order valence-electron chi connectivity index (χ2n) is 14.8. The minimum Gasteiger partial charge on any atom is -0.469 e. The summed E-state index contributed by atoms with van der Waals surface area (Å²) in [6.07, 6.45) is 8.22. The van der Waals surface area contributed by atoms with Crippen LogP contribution < -0.4 is 0 Å². The van der Waals surface area contributed by atoms with Crippen molar-refractivity contribution in [2.24, 2.45) is 50.2 Å². The Kier molecular flexibility index (Phi) is 4.71. The van der Waals surface area contributed by atoms with Crippen LogP contribution in [0.2, 0.25) is 0 Å². The largest absolute Gasteiger partial charge is 0.469 e. The van der Waals surface area contributed by atoms with E-state index in [1.54, 1.807) is 6.08 Å². The van der Waals surface area contributed by atoms with Crippen LogP contribution in [0, 0.1) is 61.6 Å². The molecule has 0 aliphatic heterocycles. The first-order chi connectivity index (χ1) is 18.2. The Bertz CT molecular complexity index is 1300. The first kappa shape index (κ1) is 22.7. The molecule has 0 aromatic rings. The fourth-order valence-electron chi connectivity index (χ4n) is 10.1. The van der Waals surface area contributed by atoms with Gasteiger partial charge in [0.2, 0.25) is 0 Å². The average molecular weight is 509 g/mol. The summed E-state index contributed by atoms with van der Waals surface area (Å²) in [6, 6.07) is 2.14. The highest BCUT2D eigenvalue weighted by molar-refractivity contribution is 6.04. The van der Waals surface area contributed by atoms with Gasteiger partial charge in [0.15, 0.2) is 11.6 Å². The van der Waals surface area contributed by atoms with E-state index in [4.69, 9.17) is 8.85 Å². The molecule has 5 aliphatic rings. The lowest BCUT2D eigenvalue weighted by Crippen LogP contribution is -2.65. The number of allylic oxidation sites excluding steroid dienone is 4. The van der Waals surface area contributed by atoms with Gasteiger partial charge in [-0.2, -0.15) is 5.26 Å². The zero-order valence-electron chi connectivity index (χ0n) is 26.4. The topological polar surface area (TPSA) is 84.2 Å². The van der Waals surface area contributed by atoms with Crippen molar-refractivity contribution in [3.8, 4) is 6.07 Å². The number of rotatable bonds is 1. The number of methoxy groups -OCH3 is 1. The van der Waals surface area contributed by atoms with E-state index in [0.29, 0.717) is 25.7 Å². The quantitative estimate of drug-likeness (QED) is 0.384. The Morgan fingerprint density at radius 3 is 2.38 bits per heavy atom. The van der Waals surface area contributed by atoms with Gasteiger partial charge in [0, 0.05) is 16.7 Å². The monoisotopic (exact) mass is 508 g/mol. The molecule has 5 nitrogen and oxygen atoms in total. The highest BCUT2D eigenvalue weighted by atomic mass is 16.5. The summed E-state index contributed by atoms with van der Waals surface area (Å²) in [5.74, 6) is -1.65.